The Morgan fingerprint density at radius 1 is 0.800 bits per heavy atom. The number of carbonyl (C=O) groups excluding carboxylic acids is 3. The number of nitrogens with one attached hydrogen (secondary N) is 3. The van der Waals surface area contributed by atoms with Crippen molar-refractivity contribution in [1.82, 2.24) is 16.0 Å². The molecule has 3 atom stereocenters. The summed E-state index contributed by atoms with van der Waals surface area (Å²) < 4.78 is 0. The highest BCUT2D eigenvalue weighted by atomic mass is 32.2. The number of aliphatic carboxylic acids is 1. The molecule has 3 unspecified atom stereocenters. The molecule has 0 aliphatic carbocycles. The van der Waals surface area contributed by atoms with Gasteiger partial charge in [-0.2, -0.15) is 11.8 Å². The normalized spacial score (nSPS) is 13.0. The molecule has 0 aliphatic rings. The molecule has 0 heterocycles. The van der Waals surface area contributed by atoms with Gasteiger partial charge >= 0.3 is 5.97 Å². The van der Waals surface area contributed by atoms with Gasteiger partial charge in [-0.25, -0.2) is 4.79 Å². The van der Waals surface area contributed by atoms with Crippen molar-refractivity contribution < 1.29 is 24.3 Å². The zero-order valence-corrected chi connectivity index (χ0v) is 20.7. The van der Waals surface area contributed by atoms with Gasteiger partial charge in [0.15, 0.2) is 11.9 Å². The van der Waals surface area contributed by atoms with E-state index in [1.165, 1.54) is 11.8 Å². The van der Waals surface area contributed by atoms with Gasteiger partial charge in [-0.05, 0) is 44.1 Å². The molecule has 0 aliphatic heterocycles. The second-order valence-electron chi connectivity index (χ2n) is 7.46. The van der Waals surface area contributed by atoms with Crippen LogP contribution in [0.5, 0.6) is 0 Å². The number of aliphatic imine (C=N–C) groups is 2. The van der Waals surface area contributed by atoms with Crippen LogP contribution in [0.2, 0.25) is 0 Å². The highest BCUT2D eigenvalue weighted by Crippen LogP contribution is 2.06. The first-order valence-electron chi connectivity index (χ1n) is 10.9. The Labute approximate surface area is 208 Å². The van der Waals surface area contributed by atoms with Gasteiger partial charge in [0.1, 0.15) is 18.1 Å². The zero-order chi connectivity index (χ0) is 26.8. The fourth-order valence-electron chi connectivity index (χ4n) is 2.84. The van der Waals surface area contributed by atoms with Crippen LogP contribution in [0.4, 0.5) is 0 Å². The molecule has 0 rings (SSSR count). The van der Waals surface area contributed by atoms with Crippen LogP contribution in [0.3, 0.4) is 0 Å². The molecule has 15 nitrogen and oxygen atoms in total. The van der Waals surface area contributed by atoms with E-state index >= 15 is 0 Å². The SMILES string of the molecule is CSCCC(NC(=O)C(CCCN=C(N)N)NC(=O)CN)C(=O)NC(CCCN=C(N)N)C(=O)O. The summed E-state index contributed by atoms with van der Waals surface area (Å²) in [6.45, 7) is 0.117. The molecule has 14 N–H and O–H groups in total. The first kappa shape index (κ1) is 31.7. The third-order valence-corrected chi connectivity index (χ3v) is 5.23. The van der Waals surface area contributed by atoms with Crippen molar-refractivity contribution in [1.29, 1.82) is 0 Å². The topological polar surface area (TPSA) is 279 Å². The molecule has 0 aromatic heterocycles. The van der Waals surface area contributed by atoms with Gasteiger partial charge in [0, 0.05) is 13.1 Å². The Kier molecular flexibility index (Phi) is 16.4. The van der Waals surface area contributed by atoms with E-state index in [0.717, 1.165) is 0 Å². The Bertz CT molecular complexity index is 756. The number of carboxylic acids is 1. The largest absolute Gasteiger partial charge is 0.480 e. The van der Waals surface area contributed by atoms with Gasteiger partial charge in [-0.3, -0.25) is 24.4 Å². The van der Waals surface area contributed by atoms with Gasteiger partial charge in [-0.1, -0.05) is 0 Å². The van der Waals surface area contributed by atoms with Gasteiger partial charge in [0.05, 0.1) is 6.54 Å². The molecule has 16 heteroatoms. The number of amides is 3. The lowest BCUT2D eigenvalue weighted by molar-refractivity contribution is -0.142. The first-order valence-corrected chi connectivity index (χ1v) is 12.3. The zero-order valence-electron chi connectivity index (χ0n) is 19.9. The fourth-order valence-corrected chi connectivity index (χ4v) is 3.31. The summed E-state index contributed by atoms with van der Waals surface area (Å²) >= 11 is 1.45. The molecule has 0 fully saturated rings. The molecule has 35 heavy (non-hydrogen) atoms. The second kappa shape index (κ2) is 18.1. The predicted molar refractivity (Wildman–Crippen MR) is 135 cm³/mol. The van der Waals surface area contributed by atoms with Crippen molar-refractivity contribution in [3.63, 3.8) is 0 Å². The monoisotopic (exact) mass is 518 g/mol. The van der Waals surface area contributed by atoms with E-state index in [4.69, 9.17) is 28.7 Å². The number of nitrogens with two attached hydrogens (primary N) is 5. The van der Waals surface area contributed by atoms with Crippen molar-refractivity contribution in [3.05, 3.63) is 0 Å². The molecule has 0 radical (unpaired) electrons. The van der Waals surface area contributed by atoms with Crippen LogP contribution < -0.4 is 44.6 Å². The van der Waals surface area contributed by atoms with Crippen molar-refractivity contribution >= 4 is 47.4 Å². The summed E-state index contributed by atoms with van der Waals surface area (Å²) in [6.07, 6.45) is 3.03. The summed E-state index contributed by atoms with van der Waals surface area (Å²) in [6, 6.07) is -3.21. The lowest BCUT2D eigenvalue weighted by Gasteiger charge is -2.24. The molecular weight excluding hydrogens is 480 g/mol. The Morgan fingerprint density at radius 2 is 1.26 bits per heavy atom. The van der Waals surface area contributed by atoms with Crippen LogP contribution in [0.1, 0.15) is 32.1 Å². The maximum absolute atomic E-state index is 12.9. The second-order valence-corrected chi connectivity index (χ2v) is 8.45. The molecular formula is C19H38N10O5S. The number of guanidine groups is 2. The minimum Gasteiger partial charge on any atom is -0.480 e. The highest BCUT2D eigenvalue weighted by molar-refractivity contribution is 7.98. The summed E-state index contributed by atoms with van der Waals surface area (Å²) in [5.41, 5.74) is 26.4. The molecule has 0 spiro atoms. The molecule has 200 valence electrons. The summed E-state index contributed by atoms with van der Waals surface area (Å²) in [4.78, 5) is 56.8. The Hall–Kier alpha value is -3.27. The maximum Gasteiger partial charge on any atom is 0.326 e. The highest BCUT2D eigenvalue weighted by Gasteiger charge is 2.29. The number of carboxylic acid groups (broad SMARTS) is 1. The van der Waals surface area contributed by atoms with E-state index in [1.807, 2.05) is 6.26 Å². The van der Waals surface area contributed by atoms with Gasteiger partial charge < -0.3 is 49.7 Å². The van der Waals surface area contributed by atoms with E-state index in [0.29, 0.717) is 18.6 Å². The predicted octanol–water partition coefficient (Wildman–Crippen LogP) is -3.66. The number of hydrogen-bond acceptors (Lipinski definition) is 8. The van der Waals surface area contributed by atoms with Gasteiger partial charge in [0.2, 0.25) is 17.7 Å². The van der Waals surface area contributed by atoms with Crippen LogP contribution in [0.25, 0.3) is 0 Å². The average molecular weight is 519 g/mol. The Morgan fingerprint density at radius 3 is 1.69 bits per heavy atom. The smallest absolute Gasteiger partial charge is 0.326 e. The number of carbonyl (C=O) groups is 4. The van der Waals surface area contributed by atoms with E-state index in [1.54, 1.807) is 0 Å². The standard InChI is InChI=1S/C19H38N10O5S/c1-35-9-6-12(16(32)29-13(17(33)34)5-3-8-26-19(23)24)28-15(31)11(27-14(30)10-20)4-2-7-25-18(21)22/h11-13H,2-10,20H2,1H3,(H,27,30)(H,28,31)(H,29,32)(H,33,34)(H4,21,22,25)(H4,23,24,26). The van der Waals surface area contributed by atoms with E-state index < -0.39 is 41.8 Å². The lowest BCUT2D eigenvalue weighted by atomic mass is 10.1. The Balaban J connectivity index is 5.31. The molecule has 0 saturated carbocycles. The number of thioether (sulfide) groups is 1. The van der Waals surface area contributed by atoms with Gasteiger partial charge in [-0.15, -0.1) is 0 Å². The lowest BCUT2D eigenvalue weighted by Crippen LogP contribution is -2.56. The van der Waals surface area contributed by atoms with E-state index in [-0.39, 0.29) is 50.8 Å². The number of hydrogen-bond donors (Lipinski definition) is 9. The van der Waals surface area contributed by atoms with E-state index in [9.17, 15) is 24.3 Å². The van der Waals surface area contributed by atoms with Crippen LogP contribution in [-0.2, 0) is 19.2 Å². The van der Waals surface area contributed by atoms with Crippen molar-refractivity contribution in [2.24, 2.45) is 38.7 Å². The third-order valence-electron chi connectivity index (χ3n) is 4.59. The summed E-state index contributed by atoms with van der Waals surface area (Å²) in [7, 11) is 0. The molecule has 0 aromatic rings. The summed E-state index contributed by atoms with van der Waals surface area (Å²) in [5.74, 6) is -2.75. The van der Waals surface area contributed by atoms with Crippen LogP contribution in [0, 0.1) is 0 Å². The minimum atomic E-state index is -1.23. The molecule has 0 bridgehead atoms. The average Bonchev–Trinajstić information content (AvgIpc) is 2.79. The van der Waals surface area contributed by atoms with Crippen molar-refractivity contribution in [2.45, 2.75) is 50.2 Å². The number of nitrogens with zero attached hydrogens (tertiary/aromatic N) is 2. The third kappa shape index (κ3) is 15.3. The quantitative estimate of drug-likeness (QED) is 0.0484. The molecule has 0 saturated heterocycles. The number of rotatable bonds is 18. The molecule has 3 amide bonds. The minimum absolute atomic E-state index is 0.0843. The van der Waals surface area contributed by atoms with Crippen molar-refractivity contribution in [2.75, 3.05) is 31.6 Å². The fraction of sp³-hybridized carbons (Fsp3) is 0.684. The van der Waals surface area contributed by atoms with Crippen LogP contribution in [-0.4, -0.2) is 90.5 Å². The van der Waals surface area contributed by atoms with Crippen molar-refractivity contribution in [3.8, 4) is 0 Å². The first-order chi connectivity index (χ1) is 16.5. The van der Waals surface area contributed by atoms with Crippen LogP contribution in [0.15, 0.2) is 9.98 Å². The van der Waals surface area contributed by atoms with E-state index in [2.05, 4.69) is 25.9 Å². The molecule has 0 aromatic carbocycles. The van der Waals surface area contributed by atoms with Gasteiger partial charge in [0.25, 0.3) is 0 Å². The maximum atomic E-state index is 12.9. The van der Waals surface area contributed by atoms with Crippen LogP contribution >= 0.6 is 11.8 Å². The summed E-state index contributed by atoms with van der Waals surface area (Å²) in [5, 5.41) is 17.0.